The molecule has 4 rings (SSSR count). The second-order valence-corrected chi connectivity index (χ2v) is 8.83. The molecule has 0 radical (unpaired) electrons. The van der Waals surface area contributed by atoms with Gasteiger partial charge in [0.25, 0.3) is 0 Å². The molecular weight excluding hydrogens is 439 g/mol. The summed E-state index contributed by atoms with van der Waals surface area (Å²) in [6, 6.07) is 5.50. The van der Waals surface area contributed by atoms with Crippen molar-refractivity contribution in [2.24, 2.45) is 4.99 Å². The molecule has 3 heterocycles. The van der Waals surface area contributed by atoms with Gasteiger partial charge in [0.1, 0.15) is 12.6 Å². The number of aliphatic imine (C=N–C) groups is 1. The van der Waals surface area contributed by atoms with Gasteiger partial charge in [-0.1, -0.05) is 35.6 Å². The van der Waals surface area contributed by atoms with Gasteiger partial charge in [-0.2, -0.15) is 0 Å². The van der Waals surface area contributed by atoms with E-state index < -0.39 is 0 Å². The number of hydrogen-bond donors (Lipinski definition) is 2. The molecule has 0 spiro atoms. The van der Waals surface area contributed by atoms with E-state index in [-0.39, 0.29) is 12.6 Å². The predicted octanol–water partition coefficient (Wildman–Crippen LogP) is 1.97. The molecule has 0 aliphatic carbocycles. The number of thiazole rings is 1. The molecule has 2 aromatic rings. The van der Waals surface area contributed by atoms with Gasteiger partial charge < -0.3 is 15.2 Å². The minimum absolute atomic E-state index is 0.220. The maximum absolute atomic E-state index is 9.34. The van der Waals surface area contributed by atoms with Crippen molar-refractivity contribution in [2.45, 2.75) is 6.04 Å². The van der Waals surface area contributed by atoms with Crippen LogP contribution in [0, 0.1) is 11.8 Å². The molecule has 2 aliphatic rings. The fourth-order valence-electron chi connectivity index (χ4n) is 3.43. The second-order valence-electron chi connectivity index (χ2n) is 6.86. The summed E-state index contributed by atoms with van der Waals surface area (Å²) in [7, 11) is 2.66. The van der Waals surface area contributed by atoms with E-state index in [4.69, 9.17) is 21.3 Å². The van der Waals surface area contributed by atoms with Crippen LogP contribution in [-0.4, -0.2) is 60.3 Å². The first kappa shape index (κ1) is 21.5. The standard InChI is InChI=1S/C21H22ClN4O2PS/c22-17-12-14(29)3-4-15(17)19-16(2-1-8-27)18(13-26-6-9-28-10-7-26)24-20(25-19)21-23-5-11-30-21/h3-5,11-12,19,27H,6-10,13,29H2,(H,24,25). The zero-order valence-corrected chi connectivity index (χ0v) is 19.0. The zero-order chi connectivity index (χ0) is 20.9. The largest absolute Gasteiger partial charge is 0.384 e. The molecule has 1 aromatic carbocycles. The van der Waals surface area contributed by atoms with Gasteiger partial charge in [-0.05, 0) is 11.4 Å². The number of benzene rings is 1. The van der Waals surface area contributed by atoms with Crippen molar-refractivity contribution in [1.82, 2.24) is 15.2 Å². The van der Waals surface area contributed by atoms with Crippen molar-refractivity contribution < 1.29 is 9.84 Å². The Kier molecular flexibility index (Phi) is 7.16. The Morgan fingerprint density at radius 2 is 2.20 bits per heavy atom. The van der Waals surface area contributed by atoms with Crippen LogP contribution in [0.1, 0.15) is 16.6 Å². The molecule has 1 saturated heterocycles. The van der Waals surface area contributed by atoms with Crippen LogP contribution in [0.25, 0.3) is 0 Å². The number of hydrogen-bond acceptors (Lipinski definition) is 7. The summed E-state index contributed by atoms with van der Waals surface area (Å²) in [6.45, 7) is 3.58. The van der Waals surface area contributed by atoms with E-state index in [2.05, 4.69) is 36.3 Å². The van der Waals surface area contributed by atoms with E-state index >= 15 is 0 Å². The van der Waals surface area contributed by atoms with Gasteiger partial charge in [0.05, 0.1) is 18.8 Å². The molecule has 0 bridgehead atoms. The summed E-state index contributed by atoms with van der Waals surface area (Å²) in [5.41, 5.74) is 2.64. The van der Waals surface area contributed by atoms with Crippen LogP contribution < -0.4 is 10.6 Å². The van der Waals surface area contributed by atoms with Gasteiger partial charge in [-0.3, -0.25) is 9.89 Å². The van der Waals surface area contributed by atoms with E-state index in [1.807, 2.05) is 23.6 Å². The Balaban J connectivity index is 1.80. The molecule has 1 fully saturated rings. The van der Waals surface area contributed by atoms with Gasteiger partial charge in [0.2, 0.25) is 0 Å². The monoisotopic (exact) mass is 460 g/mol. The third kappa shape index (κ3) is 4.92. The molecule has 0 saturated carbocycles. The summed E-state index contributed by atoms with van der Waals surface area (Å²) in [6.07, 6.45) is 1.77. The van der Waals surface area contributed by atoms with Gasteiger partial charge in [-0.15, -0.1) is 20.6 Å². The van der Waals surface area contributed by atoms with Crippen LogP contribution >= 0.6 is 32.2 Å². The first-order valence-corrected chi connectivity index (χ1v) is 11.4. The number of aliphatic hydroxyl groups is 1. The lowest BCUT2D eigenvalue weighted by Gasteiger charge is -2.31. The molecule has 9 heteroatoms. The minimum Gasteiger partial charge on any atom is -0.384 e. The van der Waals surface area contributed by atoms with Crippen molar-refractivity contribution >= 4 is 43.3 Å². The second kappa shape index (κ2) is 10.0. The zero-order valence-electron chi connectivity index (χ0n) is 16.3. The van der Waals surface area contributed by atoms with Crippen molar-refractivity contribution in [2.75, 3.05) is 39.5 Å². The van der Waals surface area contributed by atoms with E-state index in [1.165, 1.54) is 11.3 Å². The van der Waals surface area contributed by atoms with Crippen LogP contribution in [0.2, 0.25) is 5.02 Å². The number of nitrogens with one attached hydrogen (secondary N) is 1. The molecule has 2 N–H and O–H groups in total. The van der Waals surface area contributed by atoms with E-state index in [0.29, 0.717) is 30.6 Å². The lowest BCUT2D eigenvalue weighted by Crippen LogP contribution is -2.42. The Hall–Kier alpha value is -1.78. The molecule has 2 atom stereocenters. The molecular formula is C21H22ClN4O2PS. The van der Waals surface area contributed by atoms with Crippen LogP contribution in [0.15, 0.2) is 46.0 Å². The quantitative estimate of drug-likeness (QED) is 0.539. The van der Waals surface area contributed by atoms with Gasteiger partial charge in [0.15, 0.2) is 10.8 Å². The molecule has 0 amide bonds. The molecule has 30 heavy (non-hydrogen) atoms. The third-order valence-corrected chi connectivity index (χ3v) is 6.33. The minimum atomic E-state index is -0.377. The number of halogens is 1. The fraction of sp³-hybridized carbons (Fsp3) is 0.333. The van der Waals surface area contributed by atoms with Crippen molar-refractivity contribution in [1.29, 1.82) is 0 Å². The number of nitrogens with zero attached hydrogens (tertiary/aromatic N) is 3. The highest BCUT2D eigenvalue weighted by atomic mass is 35.5. The van der Waals surface area contributed by atoms with Gasteiger partial charge >= 0.3 is 0 Å². The maximum atomic E-state index is 9.34. The molecule has 2 unspecified atom stereocenters. The average molecular weight is 461 g/mol. The smallest absolute Gasteiger partial charge is 0.163 e. The van der Waals surface area contributed by atoms with Gasteiger partial charge in [-0.25, -0.2) is 4.98 Å². The lowest BCUT2D eigenvalue weighted by molar-refractivity contribution is 0.0417. The van der Waals surface area contributed by atoms with Crippen LogP contribution in [0.3, 0.4) is 0 Å². The van der Waals surface area contributed by atoms with Crippen LogP contribution in [0.5, 0.6) is 0 Å². The van der Waals surface area contributed by atoms with Crippen LogP contribution in [0.4, 0.5) is 0 Å². The summed E-state index contributed by atoms with van der Waals surface area (Å²) in [4.78, 5) is 11.7. The highest BCUT2D eigenvalue weighted by Crippen LogP contribution is 2.35. The van der Waals surface area contributed by atoms with Gasteiger partial charge in [0, 0.05) is 47.5 Å². The van der Waals surface area contributed by atoms with Crippen molar-refractivity contribution in [3.8, 4) is 11.8 Å². The number of amidine groups is 1. The molecule has 1 aromatic heterocycles. The fourth-order valence-corrected chi connectivity index (χ4v) is 4.68. The summed E-state index contributed by atoms with van der Waals surface area (Å²) in [5, 5.41) is 17.2. The molecule has 6 nitrogen and oxygen atoms in total. The molecule has 2 aliphatic heterocycles. The number of aromatic nitrogens is 1. The first-order valence-electron chi connectivity index (χ1n) is 9.58. The first-order chi connectivity index (χ1) is 14.7. The number of morpholine rings is 1. The Morgan fingerprint density at radius 3 is 2.90 bits per heavy atom. The van der Waals surface area contributed by atoms with Crippen molar-refractivity contribution in [3.63, 3.8) is 0 Å². The van der Waals surface area contributed by atoms with E-state index in [1.54, 1.807) is 6.20 Å². The Morgan fingerprint density at radius 1 is 1.37 bits per heavy atom. The lowest BCUT2D eigenvalue weighted by atomic mass is 9.95. The summed E-state index contributed by atoms with van der Waals surface area (Å²) < 4.78 is 5.49. The summed E-state index contributed by atoms with van der Waals surface area (Å²) in [5.74, 6) is 6.65. The Bertz CT molecular complexity index is 1020. The number of rotatable bonds is 4. The van der Waals surface area contributed by atoms with Crippen LogP contribution in [-0.2, 0) is 4.74 Å². The number of ether oxygens (including phenoxy) is 1. The highest BCUT2D eigenvalue weighted by molar-refractivity contribution is 7.27. The average Bonchev–Trinajstić information content (AvgIpc) is 3.28. The highest BCUT2D eigenvalue weighted by Gasteiger charge is 2.29. The Labute approximate surface area is 187 Å². The topological polar surface area (TPSA) is 70.0 Å². The predicted molar refractivity (Wildman–Crippen MR) is 124 cm³/mol. The maximum Gasteiger partial charge on any atom is 0.163 e. The summed E-state index contributed by atoms with van der Waals surface area (Å²) >= 11 is 8.14. The normalized spacial score (nSPS) is 19.7. The van der Waals surface area contributed by atoms with Crippen molar-refractivity contribution in [3.05, 3.63) is 56.6 Å². The van der Waals surface area contributed by atoms with E-state index in [0.717, 1.165) is 40.2 Å². The third-order valence-electron chi connectivity index (χ3n) is 4.87. The number of aliphatic hydroxyl groups excluding tert-OH is 1. The SMILES string of the molecule is OCC#CC1=C(CN2CCOCC2)NC(c2nccs2)=NC1c1ccc(P)cc1Cl. The molecule has 156 valence electrons. The van der Waals surface area contributed by atoms with E-state index in [9.17, 15) is 5.11 Å².